The van der Waals surface area contributed by atoms with Crippen molar-refractivity contribution in [2.75, 3.05) is 19.8 Å². The van der Waals surface area contributed by atoms with Gasteiger partial charge in [-0.05, 0) is 61.3 Å². The van der Waals surface area contributed by atoms with Crippen LogP contribution < -0.4 is 4.74 Å². The highest BCUT2D eigenvalue weighted by atomic mass is 16.7. The minimum atomic E-state index is -0.250. The first-order valence-electron chi connectivity index (χ1n) is 12.4. The minimum Gasteiger partial charge on any atom is -0.494 e. The fourth-order valence-electron chi connectivity index (χ4n) is 4.03. The lowest BCUT2D eigenvalue weighted by Crippen LogP contribution is -2.27. The van der Waals surface area contributed by atoms with Gasteiger partial charge in [0, 0.05) is 11.5 Å². The molecule has 0 aromatic heterocycles. The van der Waals surface area contributed by atoms with E-state index in [2.05, 4.69) is 69.0 Å². The average molecular weight is 437 g/mol. The number of allylic oxidation sites excluding steroid dienone is 1. The van der Waals surface area contributed by atoms with Crippen molar-refractivity contribution in [2.45, 2.75) is 65.1 Å². The Morgan fingerprint density at radius 3 is 2.25 bits per heavy atom. The summed E-state index contributed by atoms with van der Waals surface area (Å²) in [5.41, 5.74) is 3.46. The van der Waals surface area contributed by atoms with E-state index in [0.717, 1.165) is 56.3 Å². The first-order valence-corrected chi connectivity index (χ1v) is 12.4. The molecular weight excluding hydrogens is 396 g/mol. The van der Waals surface area contributed by atoms with E-state index in [1.165, 1.54) is 36.8 Å². The lowest BCUT2D eigenvalue weighted by atomic mass is 10.0. The summed E-state index contributed by atoms with van der Waals surface area (Å²) in [5.74, 6) is 2.23. The van der Waals surface area contributed by atoms with Crippen LogP contribution in [-0.4, -0.2) is 19.8 Å². The molecule has 3 heteroatoms. The largest absolute Gasteiger partial charge is 0.494 e. The van der Waals surface area contributed by atoms with Crippen molar-refractivity contribution in [3.05, 3.63) is 66.7 Å². The second-order valence-electron chi connectivity index (χ2n) is 9.09. The molecule has 0 saturated carbocycles. The van der Waals surface area contributed by atoms with Gasteiger partial charge in [0.25, 0.3) is 0 Å². The number of hydrogen-bond acceptors (Lipinski definition) is 3. The molecule has 1 fully saturated rings. The van der Waals surface area contributed by atoms with E-state index in [1.807, 2.05) is 6.08 Å². The molecule has 0 N–H and O–H groups in total. The van der Waals surface area contributed by atoms with Crippen LogP contribution in [0.4, 0.5) is 0 Å². The lowest BCUT2D eigenvalue weighted by Gasteiger charge is -2.29. The highest BCUT2D eigenvalue weighted by molar-refractivity contribution is 5.64. The van der Waals surface area contributed by atoms with E-state index in [0.29, 0.717) is 5.92 Å². The predicted octanol–water partition coefficient (Wildman–Crippen LogP) is 7.97. The summed E-state index contributed by atoms with van der Waals surface area (Å²) in [6.45, 7) is 10.7. The molecule has 1 heterocycles. The number of benzene rings is 2. The van der Waals surface area contributed by atoms with Crippen molar-refractivity contribution < 1.29 is 14.2 Å². The monoisotopic (exact) mass is 436 g/mol. The molecule has 2 aromatic carbocycles. The number of hydrogen-bond donors (Lipinski definition) is 0. The number of ether oxygens (including phenoxy) is 3. The molecule has 0 radical (unpaired) electrons. The van der Waals surface area contributed by atoms with Gasteiger partial charge >= 0.3 is 0 Å². The Hall–Kier alpha value is -2.10. The van der Waals surface area contributed by atoms with Gasteiger partial charge in [-0.15, -0.1) is 6.58 Å². The van der Waals surface area contributed by atoms with Gasteiger partial charge in [-0.1, -0.05) is 69.2 Å². The van der Waals surface area contributed by atoms with Crippen molar-refractivity contribution in [3.63, 3.8) is 0 Å². The maximum Gasteiger partial charge on any atom is 0.183 e. The summed E-state index contributed by atoms with van der Waals surface area (Å²) >= 11 is 0. The Kier molecular flexibility index (Phi) is 10.3. The first-order chi connectivity index (χ1) is 15.7. The van der Waals surface area contributed by atoms with Crippen molar-refractivity contribution in [1.29, 1.82) is 0 Å². The average Bonchev–Trinajstić information content (AvgIpc) is 2.85. The van der Waals surface area contributed by atoms with E-state index in [9.17, 15) is 0 Å². The summed E-state index contributed by atoms with van der Waals surface area (Å²) < 4.78 is 17.9. The topological polar surface area (TPSA) is 27.7 Å². The smallest absolute Gasteiger partial charge is 0.183 e. The zero-order valence-electron chi connectivity index (χ0n) is 19.9. The molecule has 1 aliphatic heterocycles. The molecule has 3 nitrogen and oxygen atoms in total. The van der Waals surface area contributed by atoms with Crippen LogP contribution in [0.1, 0.15) is 70.6 Å². The lowest BCUT2D eigenvalue weighted by molar-refractivity contribution is -0.206. The van der Waals surface area contributed by atoms with Gasteiger partial charge in [0.05, 0.1) is 19.8 Å². The van der Waals surface area contributed by atoms with Gasteiger partial charge in [-0.25, -0.2) is 0 Å². The maximum atomic E-state index is 6.00. The van der Waals surface area contributed by atoms with Crippen LogP contribution in [-0.2, 0) is 9.47 Å². The third-order valence-corrected chi connectivity index (χ3v) is 6.41. The molecule has 1 aliphatic rings. The van der Waals surface area contributed by atoms with Crippen LogP contribution >= 0.6 is 0 Å². The van der Waals surface area contributed by atoms with Gasteiger partial charge in [0.2, 0.25) is 0 Å². The SMILES string of the molecule is C=CCCCCC1COC(c2ccc(-c3ccc(OCCCC(C)CC)cc3)cc2)OC1. The van der Waals surface area contributed by atoms with Gasteiger partial charge in [0.1, 0.15) is 5.75 Å². The minimum absolute atomic E-state index is 0.250. The predicted molar refractivity (Wildman–Crippen MR) is 133 cm³/mol. The molecule has 1 saturated heterocycles. The molecule has 1 unspecified atom stereocenters. The van der Waals surface area contributed by atoms with Crippen molar-refractivity contribution in [2.24, 2.45) is 11.8 Å². The second-order valence-corrected chi connectivity index (χ2v) is 9.09. The Bertz CT molecular complexity index is 773. The summed E-state index contributed by atoms with van der Waals surface area (Å²) in [6.07, 6.45) is 10.00. The summed E-state index contributed by atoms with van der Waals surface area (Å²) in [4.78, 5) is 0. The van der Waals surface area contributed by atoms with E-state index >= 15 is 0 Å². The van der Waals surface area contributed by atoms with E-state index < -0.39 is 0 Å². The molecule has 174 valence electrons. The van der Waals surface area contributed by atoms with E-state index in [-0.39, 0.29) is 6.29 Å². The Labute approximate surface area is 194 Å². The van der Waals surface area contributed by atoms with Crippen LogP contribution in [0, 0.1) is 11.8 Å². The highest BCUT2D eigenvalue weighted by Crippen LogP contribution is 2.29. The third kappa shape index (κ3) is 7.79. The standard InChI is InChI=1S/C29H40O3/c1-4-6-7-8-11-24-21-31-29(32-22-24)27-14-12-25(13-15-27)26-16-18-28(19-17-26)30-20-9-10-23(3)5-2/h4,12-19,23-24,29H,1,5-11,20-22H2,2-3H3. The van der Waals surface area contributed by atoms with E-state index in [4.69, 9.17) is 14.2 Å². The number of unbranched alkanes of at least 4 members (excludes halogenated alkanes) is 2. The molecule has 0 bridgehead atoms. The van der Waals surface area contributed by atoms with Gasteiger partial charge in [0.15, 0.2) is 6.29 Å². The molecule has 1 atom stereocenters. The van der Waals surface area contributed by atoms with Crippen molar-refractivity contribution in [3.8, 4) is 16.9 Å². The molecule has 0 amide bonds. The van der Waals surface area contributed by atoms with Crippen LogP contribution in [0.3, 0.4) is 0 Å². The highest BCUT2D eigenvalue weighted by Gasteiger charge is 2.23. The van der Waals surface area contributed by atoms with Crippen molar-refractivity contribution in [1.82, 2.24) is 0 Å². The normalized spacial score (nSPS) is 19.4. The number of rotatable bonds is 13. The Morgan fingerprint density at radius 1 is 0.969 bits per heavy atom. The molecular formula is C29H40O3. The van der Waals surface area contributed by atoms with Gasteiger partial charge in [-0.2, -0.15) is 0 Å². The summed E-state index contributed by atoms with van der Waals surface area (Å²) in [6, 6.07) is 16.9. The molecule has 0 spiro atoms. The Morgan fingerprint density at radius 2 is 1.62 bits per heavy atom. The van der Waals surface area contributed by atoms with E-state index in [1.54, 1.807) is 0 Å². The van der Waals surface area contributed by atoms with Crippen LogP contribution in [0.2, 0.25) is 0 Å². The van der Waals surface area contributed by atoms with Gasteiger partial charge in [-0.3, -0.25) is 0 Å². The quantitative estimate of drug-likeness (QED) is 0.235. The Balaban J connectivity index is 1.44. The molecule has 2 aromatic rings. The zero-order valence-corrected chi connectivity index (χ0v) is 19.9. The first kappa shape index (κ1) is 24.5. The second kappa shape index (κ2) is 13.4. The fourth-order valence-corrected chi connectivity index (χ4v) is 4.03. The van der Waals surface area contributed by atoms with Crippen LogP contribution in [0.15, 0.2) is 61.2 Å². The van der Waals surface area contributed by atoms with Gasteiger partial charge < -0.3 is 14.2 Å². The molecule has 3 rings (SSSR count). The third-order valence-electron chi connectivity index (χ3n) is 6.41. The zero-order chi connectivity index (χ0) is 22.6. The van der Waals surface area contributed by atoms with Crippen LogP contribution in [0.25, 0.3) is 11.1 Å². The van der Waals surface area contributed by atoms with Crippen molar-refractivity contribution >= 4 is 0 Å². The summed E-state index contributed by atoms with van der Waals surface area (Å²) in [7, 11) is 0. The maximum absolute atomic E-state index is 6.00. The van der Waals surface area contributed by atoms with Crippen LogP contribution in [0.5, 0.6) is 5.75 Å². The molecule has 32 heavy (non-hydrogen) atoms. The molecule has 0 aliphatic carbocycles. The fraction of sp³-hybridized carbons (Fsp3) is 0.517. The summed E-state index contributed by atoms with van der Waals surface area (Å²) in [5, 5.41) is 0.